The van der Waals surface area contributed by atoms with Crippen molar-refractivity contribution in [3.8, 4) is 0 Å². The summed E-state index contributed by atoms with van der Waals surface area (Å²) in [5.41, 5.74) is 4.73. The van der Waals surface area contributed by atoms with Crippen molar-refractivity contribution in [2.24, 2.45) is 5.73 Å². The molecule has 0 radical (unpaired) electrons. The molecule has 2 unspecified atom stereocenters. The Bertz CT molecular complexity index is 342. The number of likely N-dealkylation sites (N-methyl/N-ethyl adjacent to an activating group) is 1. The average molecular weight is 259 g/mol. The van der Waals surface area contributed by atoms with E-state index >= 15 is 0 Å². The summed E-state index contributed by atoms with van der Waals surface area (Å²) < 4.78 is 1.02. The van der Waals surface area contributed by atoms with Crippen LogP contribution in [0.15, 0.2) is 15.9 Å². The summed E-state index contributed by atoms with van der Waals surface area (Å²) in [7, 11) is 1.76. The maximum absolute atomic E-state index is 11.3. The number of primary amides is 1. The summed E-state index contributed by atoms with van der Waals surface area (Å²) in [6, 6.07) is 0. The predicted octanol–water partition coefficient (Wildman–Crippen LogP) is 1.48. The number of carbonyl (C=O) groups excluding carboxylic acids is 1. The number of rotatable bonds is 6. The Morgan fingerprint density at radius 1 is 1.81 bits per heavy atom. The van der Waals surface area contributed by atoms with Gasteiger partial charge in [0.1, 0.15) is 4.34 Å². The maximum Gasteiger partial charge on any atom is 0.237 e. The standard InChI is InChI=1S/C10H17N3OS2/c1-7(16-9-13-4-5-15-9)6-10(2,12-3)8(11)14/h4-5,7,12H,6H2,1-3H3,(H2,11,14). The lowest BCUT2D eigenvalue weighted by atomic mass is 9.95. The third kappa shape index (κ3) is 3.47. The van der Waals surface area contributed by atoms with Crippen LogP contribution in [0, 0.1) is 0 Å². The van der Waals surface area contributed by atoms with Crippen LogP contribution in [0.3, 0.4) is 0 Å². The predicted molar refractivity (Wildman–Crippen MR) is 68.7 cm³/mol. The molecule has 0 aromatic carbocycles. The first kappa shape index (κ1) is 13.5. The second-order valence-corrected chi connectivity index (χ2v) is 6.46. The number of carbonyl (C=O) groups is 1. The Labute approximate surface area is 104 Å². The van der Waals surface area contributed by atoms with E-state index in [1.165, 1.54) is 0 Å². The molecule has 16 heavy (non-hydrogen) atoms. The molecule has 0 aliphatic carbocycles. The SMILES string of the molecule is CNC(C)(CC(C)Sc1nccs1)C(N)=O. The molecule has 2 atom stereocenters. The number of aromatic nitrogens is 1. The van der Waals surface area contributed by atoms with Gasteiger partial charge in [0.05, 0.1) is 5.54 Å². The van der Waals surface area contributed by atoms with E-state index in [0.717, 1.165) is 4.34 Å². The molecule has 90 valence electrons. The van der Waals surface area contributed by atoms with Gasteiger partial charge in [-0.15, -0.1) is 11.3 Å². The van der Waals surface area contributed by atoms with Crippen LogP contribution in [0.1, 0.15) is 20.3 Å². The lowest BCUT2D eigenvalue weighted by molar-refractivity contribution is -0.123. The van der Waals surface area contributed by atoms with Crippen LogP contribution in [0.2, 0.25) is 0 Å². The molecule has 0 saturated heterocycles. The number of nitrogens with one attached hydrogen (secondary N) is 1. The van der Waals surface area contributed by atoms with Crippen LogP contribution in [-0.2, 0) is 4.79 Å². The van der Waals surface area contributed by atoms with Crippen molar-refractivity contribution in [2.75, 3.05) is 7.05 Å². The van der Waals surface area contributed by atoms with Gasteiger partial charge in [-0.1, -0.05) is 18.7 Å². The molecule has 0 bridgehead atoms. The number of thiazole rings is 1. The molecule has 1 rings (SSSR count). The zero-order valence-corrected chi connectivity index (χ0v) is 11.3. The van der Waals surface area contributed by atoms with Crippen LogP contribution in [-0.4, -0.2) is 28.7 Å². The largest absolute Gasteiger partial charge is 0.368 e. The highest BCUT2D eigenvalue weighted by atomic mass is 32.2. The van der Waals surface area contributed by atoms with Gasteiger partial charge in [-0.3, -0.25) is 4.79 Å². The highest BCUT2D eigenvalue weighted by molar-refractivity contribution is 8.01. The molecule has 0 aliphatic heterocycles. The normalized spacial score (nSPS) is 16.7. The summed E-state index contributed by atoms with van der Waals surface area (Å²) in [6.45, 7) is 3.90. The van der Waals surface area contributed by atoms with Crippen molar-refractivity contribution < 1.29 is 4.79 Å². The van der Waals surface area contributed by atoms with Gasteiger partial charge in [0.2, 0.25) is 5.91 Å². The van der Waals surface area contributed by atoms with Crippen LogP contribution in [0.4, 0.5) is 0 Å². The van der Waals surface area contributed by atoms with Gasteiger partial charge >= 0.3 is 0 Å². The Morgan fingerprint density at radius 3 is 2.94 bits per heavy atom. The summed E-state index contributed by atoms with van der Waals surface area (Å²) in [4.78, 5) is 15.5. The van der Waals surface area contributed by atoms with Crippen molar-refractivity contribution in [3.05, 3.63) is 11.6 Å². The number of nitrogens with two attached hydrogens (primary N) is 1. The van der Waals surface area contributed by atoms with Crippen LogP contribution >= 0.6 is 23.1 Å². The van der Waals surface area contributed by atoms with Crippen molar-refractivity contribution in [2.45, 2.75) is 35.4 Å². The van der Waals surface area contributed by atoms with E-state index in [1.807, 2.05) is 12.3 Å². The number of nitrogens with zero attached hydrogens (tertiary/aromatic N) is 1. The molecule has 3 N–H and O–H groups in total. The topological polar surface area (TPSA) is 68.0 Å². The van der Waals surface area contributed by atoms with Crippen LogP contribution in [0.25, 0.3) is 0 Å². The van der Waals surface area contributed by atoms with Gasteiger partial charge in [-0.25, -0.2) is 4.98 Å². The zero-order valence-electron chi connectivity index (χ0n) is 9.69. The van der Waals surface area contributed by atoms with Crippen molar-refractivity contribution >= 4 is 29.0 Å². The molecule has 4 nitrogen and oxygen atoms in total. The zero-order chi connectivity index (χ0) is 12.2. The molecule has 1 aromatic rings. The van der Waals surface area contributed by atoms with E-state index < -0.39 is 5.54 Å². The van der Waals surface area contributed by atoms with Gasteiger partial charge in [-0.05, 0) is 20.4 Å². The summed E-state index contributed by atoms with van der Waals surface area (Å²) >= 11 is 3.28. The van der Waals surface area contributed by atoms with E-state index in [-0.39, 0.29) is 11.2 Å². The summed E-state index contributed by atoms with van der Waals surface area (Å²) in [5, 5.41) is 5.22. The van der Waals surface area contributed by atoms with Gasteiger partial charge in [0, 0.05) is 16.8 Å². The number of hydrogen-bond acceptors (Lipinski definition) is 5. The van der Waals surface area contributed by atoms with Crippen molar-refractivity contribution in [3.63, 3.8) is 0 Å². The first-order valence-corrected chi connectivity index (χ1v) is 6.79. The quantitative estimate of drug-likeness (QED) is 0.759. The minimum atomic E-state index is -0.649. The van der Waals surface area contributed by atoms with E-state index in [2.05, 4.69) is 17.2 Å². The number of hydrogen-bond donors (Lipinski definition) is 2. The van der Waals surface area contributed by atoms with E-state index in [1.54, 1.807) is 36.3 Å². The third-order valence-electron chi connectivity index (χ3n) is 2.50. The highest BCUT2D eigenvalue weighted by Gasteiger charge is 2.31. The van der Waals surface area contributed by atoms with E-state index in [4.69, 9.17) is 5.73 Å². The number of amides is 1. The minimum Gasteiger partial charge on any atom is -0.368 e. The summed E-state index contributed by atoms with van der Waals surface area (Å²) in [6.07, 6.45) is 2.47. The Kier molecular flexibility index (Phi) is 4.76. The fourth-order valence-electron chi connectivity index (χ4n) is 1.38. The molecule has 0 spiro atoms. The van der Waals surface area contributed by atoms with E-state index in [9.17, 15) is 4.79 Å². The lowest BCUT2D eigenvalue weighted by Gasteiger charge is -2.27. The monoisotopic (exact) mass is 259 g/mol. The molecule has 0 aliphatic rings. The molecule has 1 amide bonds. The third-order valence-corrected chi connectivity index (χ3v) is 4.52. The molecule has 6 heteroatoms. The van der Waals surface area contributed by atoms with Gasteiger partial charge in [0.25, 0.3) is 0 Å². The van der Waals surface area contributed by atoms with Crippen LogP contribution < -0.4 is 11.1 Å². The number of thioether (sulfide) groups is 1. The fraction of sp³-hybridized carbons (Fsp3) is 0.600. The molecule has 0 fully saturated rings. The van der Waals surface area contributed by atoms with Crippen molar-refractivity contribution in [1.82, 2.24) is 10.3 Å². The Hall–Kier alpha value is -0.590. The van der Waals surface area contributed by atoms with Crippen molar-refractivity contribution in [1.29, 1.82) is 0 Å². The van der Waals surface area contributed by atoms with Crippen LogP contribution in [0.5, 0.6) is 0 Å². The smallest absolute Gasteiger partial charge is 0.237 e. The van der Waals surface area contributed by atoms with Gasteiger partial charge < -0.3 is 11.1 Å². The van der Waals surface area contributed by atoms with Gasteiger partial charge in [-0.2, -0.15) is 0 Å². The second kappa shape index (κ2) is 5.65. The lowest BCUT2D eigenvalue weighted by Crippen LogP contribution is -2.52. The average Bonchev–Trinajstić information content (AvgIpc) is 2.69. The first-order valence-electron chi connectivity index (χ1n) is 5.03. The Balaban J connectivity index is 2.56. The maximum atomic E-state index is 11.3. The second-order valence-electron chi connectivity index (χ2n) is 3.88. The van der Waals surface area contributed by atoms with E-state index in [0.29, 0.717) is 6.42 Å². The molecular formula is C10H17N3OS2. The molecule has 0 saturated carbocycles. The molecule has 1 aromatic heterocycles. The minimum absolute atomic E-state index is 0.288. The molecular weight excluding hydrogens is 242 g/mol. The highest BCUT2D eigenvalue weighted by Crippen LogP contribution is 2.29. The fourth-order valence-corrected chi connectivity index (χ4v) is 3.51. The first-order chi connectivity index (χ1) is 7.48. The molecule has 1 heterocycles. The summed E-state index contributed by atoms with van der Waals surface area (Å²) in [5.74, 6) is -0.318. The van der Waals surface area contributed by atoms with Gasteiger partial charge in [0.15, 0.2) is 0 Å². The Morgan fingerprint density at radius 2 is 2.50 bits per heavy atom.